The third-order valence-electron chi connectivity index (χ3n) is 7.16. The van der Waals surface area contributed by atoms with Crippen molar-refractivity contribution in [2.75, 3.05) is 6.61 Å². The monoisotopic (exact) mass is 521 g/mol. The van der Waals surface area contributed by atoms with Crippen LogP contribution in [0, 0.1) is 12.8 Å². The number of amides is 1. The molecule has 3 aromatic rings. The number of nitrogens with zero attached hydrogens (tertiary/aromatic N) is 1. The SMILES string of the molecule is Cc1cn([C@H]2C[C@H](CC(N)=O)[C@@H](CO[Si](c3ccccc3)(c3ccccc3)C(C)(C)C)O2)c(=O)[nH]c1=O. The average molecular weight is 522 g/mol. The second-order valence-electron chi connectivity index (χ2n) is 10.7. The topological polar surface area (TPSA) is 116 Å². The van der Waals surface area contributed by atoms with Crippen molar-refractivity contribution >= 4 is 24.6 Å². The summed E-state index contributed by atoms with van der Waals surface area (Å²) >= 11 is 0. The fourth-order valence-electron chi connectivity index (χ4n) is 5.38. The number of carbonyl (C=O) groups excluding carboxylic acids is 1. The molecule has 0 unspecified atom stereocenters. The smallest absolute Gasteiger partial charge is 0.330 e. The summed E-state index contributed by atoms with van der Waals surface area (Å²) in [5.41, 5.74) is 5.01. The summed E-state index contributed by atoms with van der Waals surface area (Å²) in [7, 11) is -2.83. The van der Waals surface area contributed by atoms with E-state index in [-0.39, 0.29) is 24.0 Å². The van der Waals surface area contributed by atoms with E-state index in [0.29, 0.717) is 12.0 Å². The van der Waals surface area contributed by atoms with E-state index in [1.807, 2.05) is 36.4 Å². The molecule has 4 rings (SSSR count). The number of rotatable bonds is 8. The van der Waals surface area contributed by atoms with Crippen LogP contribution in [0.5, 0.6) is 0 Å². The molecule has 0 saturated carbocycles. The number of hydrogen-bond donors (Lipinski definition) is 2. The number of nitrogens with one attached hydrogen (secondary N) is 1. The highest BCUT2D eigenvalue weighted by Gasteiger charge is 2.51. The van der Waals surface area contributed by atoms with Gasteiger partial charge in [0.25, 0.3) is 13.9 Å². The van der Waals surface area contributed by atoms with Gasteiger partial charge in [-0.25, -0.2) is 4.79 Å². The van der Waals surface area contributed by atoms with Crippen molar-refractivity contribution in [2.24, 2.45) is 11.7 Å². The molecule has 2 heterocycles. The Morgan fingerprint density at radius 1 is 1.08 bits per heavy atom. The summed E-state index contributed by atoms with van der Waals surface area (Å²) in [6.45, 7) is 8.45. The summed E-state index contributed by atoms with van der Waals surface area (Å²) in [5, 5.41) is 2.06. The van der Waals surface area contributed by atoms with Crippen LogP contribution in [0.25, 0.3) is 0 Å². The second-order valence-corrected chi connectivity index (χ2v) is 15.1. The van der Waals surface area contributed by atoms with Crippen LogP contribution >= 0.6 is 0 Å². The van der Waals surface area contributed by atoms with E-state index in [0.717, 1.165) is 10.4 Å². The van der Waals surface area contributed by atoms with Crippen molar-refractivity contribution in [1.29, 1.82) is 0 Å². The Labute approximate surface area is 217 Å². The number of ether oxygens (including phenoxy) is 1. The van der Waals surface area contributed by atoms with Gasteiger partial charge in [-0.1, -0.05) is 81.4 Å². The lowest BCUT2D eigenvalue weighted by molar-refractivity contribution is -0.119. The average Bonchev–Trinajstić information content (AvgIpc) is 3.24. The number of aromatic nitrogens is 2. The third kappa shape index (κ3) is 5.39. The maximum Gasteiger partial charge on any atom is 0.330 e. The summed E-state index contributed by atoms with van der Waals surface area (Å²) in [6.07, 6.45) is 0.919. The minimum absolute atomic E-state index is 0.113. The van der Waals surface area contributed by atoms with Gasteiger partial charge in [0.2, 0.25) is 5.91 Å². The highest BCUT2D eigenvalue weighted by Crippen LogP contribution is 2.39. The maximum absolute atomic E-state index is 12.5. The van der Waals surface area contributed by atoms with Crippen LogP contribution in [0.15, 0.2) is 76.4 Å². The van der Waals surface area contributed by atoms with Gasteiger partial charge in [0.05, 0.1) is 12.7 Å². The lowest BCUT2D eigenvalue weighted by Crippen LogP contribution is -2.67. The number of benzene rings is 2. The van der Waals surface area contributed by atoms with Crippen molar-refractivity contribution in [2.45, 2.75) is 57.9 Å². The first-order chi connectivity index (χ1) is 17.5. The minimum atomic E-state index is -2.83. The Balaban J connectivity index is 1.71. The number of carbonyl (C=O) groups is 1. The van der Waals surface area contributed by atoms with Gasteiger partial charge in [-0.3, -0.25) is 19.1 Å². The first kappa shape index (κ1) is 26.8. The molecule has 0 spiro atoms. The molecular formula is C28H35N3O5Si. The first-order valence-electron chi connectivity index (χ1n) is 12.5. The Morgan fingerprint density at radius 2 is 1.65 bits per heavy atom. The largest absolute Gasteiger partial charge is 0.405 e. The summed E-state index contributed by atoms with van der Waals surface area (Å²) in [6, 6.07) is 20.6. The number of hydrogen-bond acceptors (Lipinski definition) is 5. The predicted molar refractivity (Wildman–Crippen MR) is 145 cm³/mol. The minimum Gasteiger partial charge on any atom is -0.405 e. The van der Waals surface area contributed by atoms with Crippen LogP contribution in [-0.4, -0.2) is 36.5 Å². The highest BCUT2D eigenvalue weighted by molar-refractivity contribution is 6.99. The summed E-state index contributed by atoms with van der Waals surface area (Å²) < 4.78 is 14.8. The van der Waals surface area contributed by atoms with E-state index in [2.05, 4.69) is 50.0 Å². The fourth-order valence-corrected chi connectivity index (χ4v) is 9.95. The van der Waals surface area contributed by atoms with Crippen LogP contribution in [-0.2, 0) is 14.0 Å². The van der Waals surface area contributed by atoms with Gasteiger partial charge < -0.3 is 14.9 Å². The van der Waals surface area contributed by atoms with E-state index in [1.54, 1.807) is 6.92 Å². The molecule has 1 aromatic heterocycles. The molecule has 0 radical (unpaired) electrons. The zero-order valence-electron chi connectivity index (χ0n) is 21.8. The quantitative estimate of drug-likeness (QED) is 0.441. The summed E-state index contributed by atoms with van der Waals surface area (Å²) in [5.74, 6) is -0.672. The molecule has 2 aromatic carbocycles. The van der Waals surface area contributed by atoms with Gasteiger partial charge in [-0.2, -0.15) is 0 Å². The van der Waals surface area contributed by atoms with Gasteiger partial charge in [0.1, 0.15) is 6.23 Å². The van der Waals surface area contributed by atoms with Gasteiger partial charge in [-0.05, 0) is 28.8 Å². The number of primary amides is 1. The molecule has 1 amide bonds. The first-order valence-corrected chi connectivity index (χ1v) is 14.4. The number of H-pyrrole nitrogens is 1. The molecule has 0 aliphatic carbocycles. The van der Waals surface area contributed by atoms with Crippen LogP contribution in [0.2, 0.25) is 5.04 Å². The molecule has 9 heteroatoms. The Hall–Kier alpha value is -3.27. The number of nitrogens with two attached hydrogens (primary N) is 1. The van der Waals surface area contributed by atoms with E-state index in [9.17, 15) is 14.4 Å². The Kier molecular flexibility index (Phi) is 7.68. The van der Waals surface area contributed by atoms with Crippen molar-refractivity contribution in [3.8, 4) is 0 Å². The third-order valence-corrected chi connectivity index (χ3v) is 12.2. The molecule has 3 atom stereocenters. The van der Waals surface area contributed by atoms with E-state index < -0.39 is 37.8 Å². The standard InChI is InChI=1S/C28H35N3O5Si/c1-19-17-31(27(34)30-26(19)33)25-16-20(15-24(29)32)23(36-25)18-35-37(28(2,3)4,21-11-7-5-8-12-21)22-13-9-6-10-14-22/h5-14,17,20,23,25H,15-16,18H2,1-4H3,(H2,29,32)(H,30,33,34)/t20-,23+,25+/m0/s1. The van der Waals surface area contributed by atoms with Crippen molar-refractivity contribution in [1.82, 2.24) is 9.55 Å². The second kappa shape index (κ2) is 10.6. The molecule has 1 saturated heterocycles. The van der Waals surface area contributed by atoms with E-state index >= 15 is 0 Å². The van der Waals surface area contributed by atoms with Gasteiger partial charge in [0.15, 0.2) is 0 Å². The van der Waals surface area contributed by atoms with E-state index in [4.69, 9.17) is 14.9 Å². The molecule has 1 fully saturated rings. The lowest BCUT2D eigenvalue weighted by atomic mass is 9.97. The molecular weight excluding hydrogens is 486 g/mol. The molecule has 3 N–H and O–H groups in total. The summed E-state index contributed by atoms with van der Waals surface area (Å²) in [4.78, 5) is 38.7. The Bertz CT molecular complexity index is 1310. The highest BCUT2D eigenvalue weighted by atomic mass is 28.4. The molecule has 37 heavy (non-hydrogen) atoms. The molecule has 0 bridgehead atoms. The van der Waals surface area contributed by atoms with E-state index in [1.165, 1.54) is 10.8 Å². The van der Waals surface area contributed by atoms with Gasteiger partial charge in [0, 0.05) is 24.1 Å². The van der Waals surface area contributed by atoms with Crippen LogP contribution in [0.3, 0.4) is 0 Å². The fraction of sp³-hybridized carbons (Fsp3) is 0.393. The predicted octanol–water partition coefficient (Wildman–Crippen LogP) is 2.20. The Morgan fingerprint density at radius 3 is 2.16 bits per heavy atom. The molecule has 196 valence electrons. The molecule has 1 aliphatic heterocycles. The van der Waals surface area contributed by atoms with Crippen LogP contribution < -0.4 is 27.4 Å². The lowest BCUT2D eigenvalue weighted by Gasteiger charge is -2.43. The normalized spacial score (nSPS) is 20.2. The maximum atomic E-state index is 12.5. The number of aryl methyl sites for hydroxylation is 1. The number of aromatic amines is 1. The van der Waals surface area contributed by atoms with Gasteiger partial charge >= 0.3 is 5.69 Å². The zero-order valence-corrected chi connectivity index (χ0v) is 22.8. The molecule has 8 nitrogen and oxygen atoms in total. The van der Waals surface area contributed by atoms with Crippen molar-refractivity contribution in [3.05, 3.63) is 93.3 Å². The van der Waals surface area contributed by atoms with Crippen LogP contribution in [0.1, 0.15) is 45.4 Å². The van der Waals surface area contributed by atoms with Gasteiger partial charge in [-0.15, -0.1) is 0 Å². The van der Waals surface area contributed by atoms with Crippen molar-refractivity contribution < 1.29 is 14.0 Å². The zero-order chi connectivity index (χ0) is 26.8. The molecule has 1 aliphatic rings. The van der Waals surface area contributed by atoms with Crippen molar-refractivity contribution in [3.63, 3.8) is 0 Å². The van der Waals surface area contributed by atoms with Crippen LogP contribution in [0.4, 0.5) is 0 Å².